The van der Waals surface area contributed by atoms with Crippen LogP contribution in [0.3, 0.4) is 0 Å². The van der Waals surface area contributed by atoms with Crippen LogP contribution in [0, 0.1) is 5.82 Å². The number of methoxy groups -OCH3 is 2. The molecule has 0 aromatic heterocycles. The molecule has 0 atom stereocenters. The molecule has 13 heavy (non-hydrogen) atoms. The third-order valence-electron chi connectivity index (χ3n) is 1.59. The minimum absolute atomic E-state index is 0.297. The van der Waals surface area contributed by atoms with E-state index in [0.717, 1.165) is 0 Å². The molecule has 0 amide bonds. The smallest absolute Gasteiger partial charge is 0.130 e. The predicted molar refractivity (Wildman–Crippen MR) is 49.0 cm³/mol. The highest BCUT2D eigenvalue weighted by Gasteiger charge is 1.99. The van der Waals surface area contributed by atoms with Gasteiger partial charge in [0.1, 0.15) is 11.6 Å². The van der Waals surface area contributed by atoms with Gasteiger partial charge in [-0.2, -0.15) is 0 Å². The van der Waals surface area contributed by atoms with Crippen molar-refractivity contribution in [2.45, 2.75) is 0 Å². The number of hydrogen-bond acceptors (Lipinski definition) is 2. The van der Waals surface area contributed by atoms with Crippen LogP contribution in [-0.4, -0.2) is 14.2 Å². The third kappa shape index (κ3) is 2.47. The van der Waals surface area contributed by atoms with Gasteiger partial charge in [-0.15, -0.1) is 0 Å². The molecule has 3 heteroatoms. The maximum Gasteiger partial charge on any atom is 0.130 e. The first-order chi connectivity index (χ1) is 6.27. The molecule has 0 unspecified atom stereocenters. The molecule has 0 bridgehead atoms. The molecule has 1 aromatic carbocycles. The average molecular weight is 182 g/mol. The monoisotopic (exact) mass is 182 g/mol. The number of benzene rings is 1. The van der Waals surface area contributed by atoms with E-state index in [-0.39, 0.29) is 5.82 Å². The lowest BCUT2D eigenvalue weighted by molar-refractivity contribution is 0.341. The molecular weight excluding hydrogens is 171 g/mol. The van der Waals surface area contributed by atoms with Crippen molar-refractivity contribution < 1.29 is 13.9 Å². The van der Waals surface area contributed by atoms with Crippen molar-refractivity contribution in [1.82, 2.24) is 0 Å². The fourth-order valence-corrected chi connectivity index (χ4v) is 0.918. The minimum Gasteiger partial charge on any atom is -0.504 e. The van der Waals surface area contributed by atoms with Crippen molar-refractivity contribution in [1.29, 1.82) is 0 Å². The van der Waals surface area contributed by atoms with E-state index in [1.165, 1.54) is 32.6 Å². The first-order valence-electron chi connectivity index (χ1n) is 3.81. The van der Waals surface area contributed by atoms with Gasteiger partial charge in [-0.1, -0.05) is 0 Å². The molecule has 0 aliphatic rings. The molecule has 0 spiro atoms. The van der Waals surface area contributed by atoms with E-state index in [1.54, 1.807) is 12.1 Å². The van der Waals surface area contributed by atoms with E-state index in [1.807, 2.05) is 0 Å². The van der Waals surface area contributed by atoms with Gasteiger partial charge in [0.25, 0.3) is 0 Å². The van der Waals surface area contributed by atoms with Crippen LogP contribution in [0.4, 0.5) is 4.39 Å². The molecule has 2 nitrogen and oxygen atoms in total. The Labute approximate surface area is 76.6 Å². The summed E-state index contributed by atoms with van der Waals surface area (Å²) in [4.78, 5) is 0. The summed E-state index contributed by atoms with van der Waals surface area (Å²) in [5.41, 5.74) is 0.446. The summed E-state index contributed by atoms with van der Waals surface area (Å²) in [6.07, 6.45) is 2.95. The maximum absolute atomic E-state index is 13.1. The van der Waals surface area contributed by atoms with E-state index in [0.29, 0.717) is 11.3 Å². The highest BCUT2D eigenvalue weighted by molar-refractivity contribution is 5.51. The van der Waals surface area contributed by atoms with Crippen LogP contribution in [0.25, 0.3) is 6.08 Å². The van der Waals surface area contributed by atoms with Crippen molar-refractivity contribution in [3.05, 3.63) is 35.8 Å². The standard InChI is InChI=1S/C10H11FO2/c1-12-6-5-8-7-9(13-2)3-4-10(8)11/h3-7H,1-2H3/b6-5+. The maximum atomic E-state index is 13.1. The third-order valence-corrected chi connectivity index (χ3v) is 1.59. The van der Waals surface area contributed by atoms with Crippen LogP contribution < -0.4 is 4.74 Å². The lowest BCUT2D eigenvalue weighted by atomic mass is 10.2. The van der Waals surface area contributed by atoms with Gasteiger partial charge >= 0.3 is 0 Å². The first kappa shape index (κ1) is 9.58. The van der Waals surface area contributed by atoms with Gasteiger partial charge in [-0.25, -0.2) is 4.39 Å². The molecule has 70 valence electrons. The summed E-state index contributed by atoms with van der Waals surface area (Å²) in [6.45, 7) is 0. The Morgan fingerprint density at radius 3 is 2.69 bits per heavy atom. The molecule has 1 aromatic rings. The van der Waals surface area contributed by atoms with Crippen LogP contribution >= 0.6 is 0 Å². The number of rotatable bonds is 3. The summed E-state index contributed by atoms with van der Waals surface area (Å²) in [6, 6.07) is 4.53. The fourth-order valence-electron chi connectivity index (χ4n) is 0.918. The highest BCUT2D eigenvalue weighted by Crippen LogP contribution is 2.17. The summed E-state index contributed by atoms with van der Waals surface area (Å²) >= 11 is 0. The van der Waals surface area contributed by atoms with Crippen LogP contribution in [0.5, 0.6) is 5.75 Å². The van der Waals surface area contributed by atoms with E-state index in [4.69, 9.17) is 4.74 Å². The zero-order chi connectivity index (χ0) is 9.68. The Morgan fingerprint density at radius 2 is 2.08 bits per heavy atom. The molecular formula is C10H11FO2. The normalized spacial score (nSPS) is 10.4. The molecule has 0 radical (unpaired) electrons. The quantitative estimate of drug-likeness (QED) is 0.668. The van der Waals surface area contributed by atoms with Crippen LogP contribution in [0.15, 0.2) is 24.5 Å². The highest BCUT2D eigenvalue weighted by atomic mass is 19.1. The van der Waals surface area contributed by atoms with Crippen molar-refractivity contribution in [3.8, 4) is 5.75 Å². The molecule has 0 saturated heterocycles. The molecule has 0 N–H and O–H groups in total. The molecule has 0 fully saturated rings. The molecule has 0 heterocycles. The Bertz CT molecular complexity index is 308. The Hall–Kier alpha value is -1.51. The Kier molecular flexibility index (Phi) is 3.31. The molecule has 1 rings (SSSR count). The van der Waals surface area contributed by atoms with Crippen molar-refractivity contribution in [2.24, 2.45) is 0 Å². The Morgan fingerprint density at radius 1 is 1.31 bits per heavy atom. The second-order valence-electron chi connectivity index (χ2n) is 2.43. The summed E-state index contributed by atoms with van der Waals surface area (Å²) in [5, 5.41) is 0. The van der Waals surface area contributed by atoms with Gasteiger partial charge in [0.05, 0.1) is 20.5 Å². The zero-order valence-electron chi connectivity index (χ0n) is 7.58. The largest absolute Gasteiger partial charge is 0.504 e. The minimum atomic E-state index is -0.297. The van der Waals surface area contributed by atoms with E-state index < -0.39 is 0 Å². The van der Waals surface area contributed by atoms with Crippen LogP contribution in [-0.2, 0) is 4.74 Å². The number of ether oxygens (including phenoxy) is 2. The van der Waals surface area contributed by atoms with Gasteiger partial charge in [-0.05, 0) is 24.3 Å². The van der Waals surface area contributed by atoms with E-state index in [9.17, 15) is 4.39 Å². The summed E-state index contributed by atoms with van der Waals surface area (Å²) < 4.78 is 22.7. The second kappa shape index (κ2) is 4.50. The van der Waals surface area contributed by atoms with Crippen LogP contribution in [0.1, 0.15) is 5.56 Å². The first-order valence-corrected chi connectivity index (χ1v) is 3.81. The molecule has 0 aliphatic carbocycles. The fraction of sp³-hybridized carbons (Fsp3) is 0.200. The van der Waals surface area contributed by atoms with Gasteiger partial charge in [0, 0.05) is 5.56 Å². The summed E-state index contributed by atoms with van der Waals surface area (Å²) in [7, 11) is 3.05. The SMILES string of the molecule is CO/C=C/c1cc(OC)ccc1F. The average Bonchev–Trinajstić information content (AvgIpc) is 2.17. The van der Waals surface area contributed by atoms with E-state index in [2.05, 4.69) is 4.74 Å². The second-order valence-corrected chi connectivity index (χ2v) is 2.43. The van der Waals surface area contributed by atoms with Gasteiger partial charge in [-0.3, -0.25) is 0 Å². The van der Waals surface area contributed by atoms with Crippen molar-refractivity contribution in [3.63, 3.8) is 0 Å². The van der Waals surface area contributed by atoms with Gasteiger partial charge < -0.3 is 9.47 Å². The molecule has 0 saturated carbocycles. The van der Waals surface area contributed by atoms with Crippen molar-refractivity contribution >= 4 is 6.08 Å². The lowest BCUT2D eigenvalue weighted by Gasteiger charge is -2.01. The topological polar surface area (TPSA) is 18.5 Å². The van der Waals surface area contributed by atoms with Crippen molar-refractivity contribution in [2.75, 3.05) is 14.2 Å². The summed E-state index contributed by atoms with van der Waals surface area (Å²) in [5.74, 6) is 0.325. The number of hydrogen-bond donors (Lipinski definition) is 0. The van der Waals surface area contributed by atoms with E-state index >= 15 is 0 Å². The zero-order valence-corrected chi connectivity index (χ0v) is 7.58. The lowest BCUT2D eigenvalue weighted by Crippen LogP contribution is -1.86. The predicted octanol–water partition coefficient (Wildman–Crippen LogP) is 2.45. The van der Waals surface area contributed by atoms with Crippen LogP contribution in [0.2, 0.25) is 0 Å². The van der Waals surface area contributed by atoms with Gasteiger partial charge in [0.15, 0.2) is 0 Å². The Balaban J connectivity index is 2.97. The number of halogens is 1. The van der Waals surface area contributed by atoms with Gasteiger partial charge in [0.2, 0.25) is 0 Å². The molecule has 0 aliphatic heterocycles.